The number of fused-ring (bicyclic) bond motifs is 1. The molecular weight excluding hydrogens is 582 g/mol. The van der Waals surface area contributed by atoms with Gasteiger partial charge in [-0.15, -0.1) is 0 Å². The smallest absolute Gasteiger partial charge is 0.379 e. The summed E-state index contributed by atoms with van der Waals surface area (Å²) in [7, 11) is 1.74. The number of hydrogen-bond acceptors (Lipinski definition) is 7. The van der Waals surface area contributed by atoms with Crippen LogP contribution in [-0.4, -0.2) is 70.1 Å². The van der Waals surface area contributed by atoms with Crippen molar-refractivity contribution in [2.75, 3.05) is 55.3 Å². The Morgan fingerprint density at radius 2 is 1.70 bits per heavy atom. The summed E-state index contributed by atoms with van der Waals surface area (Å²) >= 11 is 0. The maximum Gasteiger partial charge on any atom is 0.419 e. The molecule has 0 aliphatic carbocycles. The zero-order chi connectivity index (χ0) is 30.8. The number of aryl methyl sites for hydroxylation is 1. The largest absolute Gasteiger partial charge is 0.419 e. The first-order valence-electron chi connectivity index (χ1n) is 13.1. The molecule has 10 nitrogen and oxygen atoms in total. The summed E-state index contributed by atoms with van der Waals surface area (Å²) < 4.78 is 87.0. The van der Waals surface area contributed by atoms with Crippen LogP contribution in [0.3, 0.4) is 0 Å². The number of anilines is 3. The molecule has 0 bridgehead atoms. The monoisotopic (exact) mass is 608 g/mol. The van der Waals surface area contributed by atoms with Crippen molar-refractivity contribution in [2.45, 2.75) is 12.4 Å². The Kier molecular flexibility index (Phi) is 8.41. The summed E-state index contributed by atoms with van der Waals surface area (Å²) in [5.41, 5.74) is -2.92. The van der Waals surface area contributed by atoms with Gasteiger partial charge in [-0.2, -0.15) is 36.4 Å². The van der Waals surface area contributed by atoms with Crippen molar-refractivity contribution in [1.82, 2.24) is 24.6 Å². The number of morpholine rings is 1. The van der Waals surface area contributed by atoms with Crippen molar-refractivity contribution in [3.8, 4) is 11.3 Å². The number of urea groups is 1. The lowest BCUT2D eigenvalue weighted by atomic mass is 10.0. The topological polar surface area (TPSA) is 109 Å². The number of rotatable bonds is 7. The minimum absolute atomic E-state index is 0.185. The molecule has 4 aromatic rings. The Balaban J connectivity index is 1.26. The minimum atomic E-state index is -5.36. The summed E-state index contributed by atoms with van der Waals surface area (Å²) in [4.78, 5) is 23.7. The Morgan fingerprint density at radius 1 is 0.977 bits per heavy atom. The number of nitrogens with zero attached hydrogens (tertiary/aromatic N) is 5. The van der Waals surface area contributed by atoms with E-state index in [9.17, 15) is 31.1 Å². The third-order valence-electron chi connectivity index (χ3n) is 6.71. The van der Waals surface area contributed by atoms with E-state index in [4.69, 9.17) is 4.74 Å². The number of alkyl halides is 6. The Bertz CT molecular complexity index is 1600. The van der Waals surface area contributed by atoms with Crippen molar-refractivity contribution in [3.63, 3.8) is 0 Å². The van der Waals surface area contributed by atoms with Crippen LogP contribution in [0.25, 0.3) is 22.3 Å². The Morgan fingerprint density at radius 3 is 2.37 bits per heavy atom. The number of aromatic nitrogens is 4. The second-order valence-electron chi connectivity index (χ2n) is 9.66. The molecule has 2 aromatic carbocycles. The number of carbonyl (C=O) groups is 1. The van der Waals surface area contributed by atoms with Gasteiger partial charge in [0.1, 0.15) is 5.69 Å². The summed E-state index contributed by atoms with van der Waals surface area (Å²) in [5.74, 6) is 0.454. The summed E-state index contributed by atoms with van der Waals surface area (Å²) in [5, 5.41) is 12.6. The number of carbonyl (C=O) groups excluding carboxylic acids is 1. The highest BCUT2D eigenvalue weighted by atomic mass is 19.4. The van der Waals surface area contributed by atoms with Gasteiger partial charge in [-0.3, -0.25) is 4.90 Å². The zero-order valence-electron chi connectivity index (χ0n) is 22.7. The van der Waals surface area contributed by atoms with Crippen molar-refractivity contribution >= 4 is 34.4 Å². The van der Waals surface area contributed by atoms with Crippen LogP contribution in [0.1, 0.15) is 11.1 Å². The molecule has 1 saturated heterocycles. The van der Waals surface area contributed by atoms with E-state index in [0.717, 1.165) is 31.8 Å². The fourth-order valence-electron chi connectivity index (χ4n) is 4.68. The van der Waals surface area contributed by atoms with E-state index >= 15 is 0 Å². The molecule has 0 radical (unpaired) electrons. The number of ether oxygens (including phenoxy) is 1. The normalized spacial score (nSPS) is 14.6. The van der Waals surface area contributed by atoms with Gasteiger partial charge in [-0.1, -0.05) is 18.2 Å². The van der Waals surface area contributed by atoms with Gasteiger partial charge >= 0.3 is 18.4 Å². The highest BCUT2D eigenvalue weighted by Crippen LogP contribution is 2.44. The van der Waals surface area contributed by atoms with Crippen molar-refractivity contribution in [3.05, 3.63) is 59.8 Å². The van der Waals surface area contributed by atoms with Crippen LogP contribution in [0, 0.1) is 0 Å². The standard InChI is InChI=1S/C27H26F6N8O2/c1-40-23-18(15-35-24(38-23)34-9-10-41-11-13-43-14-12-41)22(39-40)16-5-7-17(8-6-16)36-25(42)37-20-4-2-3-19(26(28,29)30)21(20)27(31,32)33/h2-8,15H,9-14H2,1H3,(H,34,35,38)(H2,36,37,42). The van der Waals surface area contributed by atoms with Crippen LogP contribution in [-0.2, 0) is 24.1 Å². The van der Waals surface area contributed by atoms with E-state index < -0.39 is 35.2 Å². The van der Waals surface area contributed by atoms with Gasteiger partial charge in [-0.05, 0) is 24.3 Å². The highest BCUT2D eigenvalue weighted by Gasteiger charge is 2.45. The van der Waals surface area contributed by atoms with Crippen LogP contribution >= 0.6 is 0 Å². The van der Waals surface area contributed by atoms with E-state index in [0.29, 0.717) is 54.1 Å². The van der Waals surface area contributed by atoms with Gasteiger partial charge in [0.2, 0.25) is 5.95 Å². The van der Waals surface area contributed by atoms with Gasteiger partial charge in [-0.25, -0.2) is 14.5 Å². The molecule has 0 spiro atoms. The van der Waals surface area contributed by atoms with Crippen LogP contribution in [0.15, 0.2) is 48.7 Å². The van der Waals surface area contributed by atoms with Crippen LogP contribution < -0.4 is 16.0 Å². The molecular formula is C27H26F6N8O2. The fraction of sp³-hybridized carbons (Fsp3) is 0.333. The first-order chi connectivity index (χ1) is 20.4. The number of benzene rings is 2. The molecule has 2 amide bonds. The molecule has 1 fully saturated rings. The summed E-state index contributed by atoms with van der Waals surface area (Å²) in [6.45, 7) is 4.66. The van der Waals surface area contributed by atoms with E-state index in [1.807, 2.05) is 5.32 Å². The van der Waals surface area contributed by atoms with E-state index in [1.54, 1.807) is 30.1 Å². The molecule has 3 heterocycles. The highest BCUT2D eigenvalue weighted by molar-refractivity contribution is 6.00. The summed E-state index contributed by atoms with van der Waals surface area (Å²) in [6.07, 6.45) is -8.98. The van der Waals surface area contributed by atoms with Crippen LogP contribution in [0.5, 0.6) is 0 Å². The van der Waals surface area contributed by atoms with Crippen LogP contribution in [0.2, 0.25) is 0 Å². The van der Waals surface area contributed by atoms with E-state index in [-0.39, 0.29) is 5.69 Å². The van der Waals surface area contributed by atoms with Crippen molar-refractivity contribution in [2.24, 2.45) is 7.05 Å². The van der Waals surface area contributed by atoms with Crippen LogP contribution in [0.4, 0.5) is 48.5 Å². The van der Waals surface area contributed by atoms with Gasteiger partial charge in [0.15, 0.2) is 5.65 Å². The quantitative estimate of drug-likeness (QED) is 0.239. The third-order valence-corrected chi connectivity index (χ3v) is 6.71. The average Bonchev–Trinajstić information content (AvgIpc) is 3.28. The molecule has 0 unspecified atom stereocenters. The van der Waals surface area contributed by atoms with Crippen molar-refractivity contribution < 1.29 is 35.9 Å². The molecule has 228 valence electrons. The fourth-order valence-corrected chi connectivity index (χ4v) is 4.68. The molecule has 1 aliphatic heterocycles. The predicted molar refractivity (Wildman–Crippen MR) is 147 cm³/mol. The zero-order valence-corrected chi connectivity index (χ0v) is 22.7. The molecule has 5 rings (SSSR count). The number of amides is 2. The van der Waals surface area contributed by atoms with Gasteiger partial charge in [0, 0.05) is 50.7 Å². The first-order valence-corrected chi connectivity index (χ1v) is 13.1. The minimum Gasteiger partial charge on any atom is -0.379 e. The van der Waals surface area contributed by atoms with Gasteiger partial charge in [0.05, 0.1) is 35.4 Å². The van der Waals surface area contributed by atoms with Gasteiger partial charge in [0.25, 0.3) is 0 Å². The third kappa shape index (κ3) is 6.97. The lowest BCUT2D eigenvalue weighted by molar-refractivity contribution is -0.161. The molecule has 43 heavy (non-hydrogen) atoms. The molecule has 0 atom stereocenters. The summed E-state index contributed by atoms with van der Waals surface area (Å²) in [6, 6.07) is 6.90. The molecule has 1 aliphatic rings. The molecule has 2 aromatic heterocycles. The molecule has 16 heteroatoms. The lowest BCUT2D eigenvalue weighted by Crippen LogP contribution is -2.39. The maximum atomic E-state index is 13.5. The van der Waals surface area contributed by atoms with E-state index in [1.165, 1.54) is 12.1 Å². The first kappa shape index (κ1) is 30.0. The van der Waals surface area contributed by atoms with E-state index in [2.05, 4.69) is 30.6 Å². The second-order valence-corrected chi connectivity index (χ2v) is 9.66. The van der Waals surface area contributed by atoms with Crippen molar-refractivity contribution in [1.29, 1.82) is 0 Å². The maximum absolute atomic E-state index is 13.5. The molecule has 3 N–H and O–H groups in total. The Labute approximate surface area is 241 Å². The molecule has 0 saturated carbocycles. The Hall–Kier alpha value is -4.44. The number of halogens is 6. The number of hydrogen-bond donors (Lipinski definition) is 3. The predicted octanol–water partition coefficient (Wildman–Crippen LogP) is 5.46. The average molecular weight is 609 g/mol. The van der Waals surface area contributed by atoms with Gasteiger partial charge < -0.3 is 20.7 Å². The lowest BCUT2D eigenvalue weighted by Gasteiger charge is -2.26. The number of nitrogens with one attached hydrogen (secondary N) is 3. The second kappa shape index (κ2) is 12.0. The SMILES string of the molecule is Cn1nc(-c2ccc(NC(=O)Nc3cccc(C(F)(F)F)c3C(F)(F)F)cc2)c2cnc(NCCN3CCOCC3)nc21.